The fraction of sp³-hybridized carbons (Fsp3) is 0.647. The number of benzene rings is 1. The van der Waals surface area contributed by atoms with Gasteiger partial charge in [0, 0.05) is 30.7 Å². The van der Waals surface area contributed by atoms with E-state index in [0.29, 0.717) is 5.92 Å². The third-order valence-electron chi connectivity index (χ3n) is 5.19. The Kier molecular flexibility index (Phi) is 3.99. The van der Waals surface area contributed by atoms with Crippen LogP contribution in [0.25, 0.3) is 0 Å². The second kappa shape index (κ2) is 5.74. The zero-order chi connectivity index (χ0) is 14.0. The molecule has 110 valence electrons. The summed E-state index contributed by atoms with van der Waals surface area (Å²) < 4.78 is 11.1. The fourth-order valence-electron chi connectivity index (χ4n) is 3.61. The highest BCUT2D eigenvalue weighted by molar-refractivity contribution is 5.45. The second-order valence-corrected chi connectivity index (χ2v) is 6.18. The lowest BCUT2D eigenvalue weighted by atomic mass is 9.64. The molecule has 0 aromatic heterocycles. The highest BCUT2D eigenvalue weighted by atomic mass is 16.5. The Balaban J connectivity index is 1.94. The van der Waals surface area contributed by atoms with Crippen LogP contribution >= 0.6 is 0 Å². The van der Waals surface area contributed by atoms with Gasteiger partial charge >= 0.3 is 0 Å². The van der Waals surface area contributed by atoms with Gasteiger partial charge in [-0.15, -0.1) is 0 Å². The molecule has 1 aromatic rings. The van der Waals surface area contributed by atoms with Gasteiger partial charge in [0.15, 0.2) is 0 Å². The Morgan fingerprint density at radius 3 is 2.60 bits per heavy atom. The lowest BCUT2D eigenvalue weighted by Crippen LogP contribution is -2.41. The smallest absolute Gasteiger partial charge is 0.122 e. The van der Waals surface area contributed by atoms with Crippen molar-refractivity contribution in [3.8, 4) is 5.75 Å². The molecule has 0 amide bonds. The topological polar surface area (TPSA) is 44.5 Å². The van der Waals surface area contributed by atoms with Gasteiger partial charge in [0.05, 0.1) is 7.11 Å². The third-order valence-corrected chi connectivity index (χ3v) is 5.19. The van der Waals surface area contributed by atoms with E-state index < -0.39 is 0 Å². The number of hydrogen-bond acceptors (Lipinski definition) is 3. The second-order valence-electron chi connectivity index (χ2n) is 6.18. The van der Waals surface area contributed by atoms with Crippen LogP contribution in [-0.2, 0) is 10.2 Å². The van der Waals surface area contributed by atoms with E-state index in [1.54, 1.807) is 7.11 Å². The van der Waals surface area contributed by atoms with Crippen molar-refractivity contribution in [1.29, 1.82) is 0 Å². The molecule has 1 aliphatic heterocycles. The molecule has 0 unspecified atom stereocenters. The maximum absolute atomic E-state index is 6.08. The molecular formula is C17H25NO2. The fourth-order valence-corrected chi connectivity index (χ4v) is 3.61. The molecule has 2 N–H and O–H groups in total. The third kappa shape index (κ3) is 2.33. The van der Waals surface area contributed by atoms with E-state index in [1.807, 2.05) is 0 Å². The van der Waals surface area contributed by atoms with Crippen LogP contribution in [0.1, 0.15) is 49.1 Å². The normalized spacial score (nSPS) is 22.3. The summed E-state index contributed by atoms with van der Waals surface area (Å²) >= 11 is 0. The van der Waals surface area contributed by atoms with Crippen molar-refractivity contribution in [2.45, 2.75) is 43.4 Å². The summed E-state index contributed by atoms with van der Waals surface area (Å²) in [6.07, 6.45) is 5.92. The molecule has 0 spiro atoms. The molecule has 3 heteroatoms. The summed E-state index contributed by atoms with van der Waals surface area (Å²) in [5, 5.41) is 0. The van der Waals surface area contributed by atoms with Crippen LogP contribution in [0.5, 0.6) is 5.75 Å². The molecule has 1 heterocycles. The summed E-state index contributed by atoms with van der Waals surface area (Å²) in [5.41, 5.74) is 9.00. The molecule has 0 atom stereocenters. The zero-order valence-corrected chi connectivity index (χ0v) is 12.4. The summed E-state index contributed by atoms with van der Waals surface area (Å²) in [6, 6.07) is 6.72. The molecule has 0 radical (unpaired) electrons. The molecule has 1 saturated carbocycles. The van der Waals surface area contributed by atoms with E-state index in [1.165, 1.54) is 30.4 Å². The molecule has 3 nitrogen and oxygen atoms in total. The Hall–Kier alpha value is -1.06. The predicted molar refractivity (Wildman–Crippen MR) is 80.4 cm³/mol. The average Bonchev–Trinajstić information content (AvgIpc) is 2.47. The molecule has 1 aromatic carbocycles. The lowest BCUT2D eigenvalue weighted by Gasteiger charge is -2.42. The van der Waals surface area contributed by atoms with Gasteiger partial charge in [0.25, 0.3) is 0 Å². The zero-order valence-electron chi connectivity index (χ0n) is 12.4. The number of rotatable bonds is 4. The molecule has 20 heavy (non-hydrogen) atoms. The van der Waals surface area contributed by atoms with Crippen LogP contribution in [0.2, 0.25) is 0 Å². The lowest BCUT2D eigenvalue weighted by molar-refractivity contribution is 0.0852. The maximum atomic E-state index is 6.08. The average molecular weight is 275 g/mol. The first kappa shape index (κ1) is 13.9. The van der Waals surface area contributed by atoms with Crippen molar-refractivity contribution in [2.75, 3.05) is 26.9 Å². The first-order valence-electron chi connectivity index (χ1n) is 7.75. The number of methoxy groups -OCH3 is 1. The minimum Gasteiger partial charge on any atom is -0.496 e. The van der Waals surface area contributed by atoms with Gasteiger partial charge in [-0.3, -0.25) is 0 Å². The van der Waals surface area contributed by atoms with Crippen molar-refractivity contribution in [2.24, 2.45) is 5.73 Å². The molecule has 0 bridgehead atoms. The molecule has 1 aliphatic carbocycles. The Morgan fingerprint density at radius 1 is 1.30 bits per heavy atom. The van der Waals surface area contributed by atoms with Crippen LogP contribution in [0, 0.1) is 0 Å². The highest BCUT2D eigenvalue weighted by Crippen LogP contribution is 2.47. The van der Waals surface area contributed by atoms with Gasteiger partial charge in [-0.25, -0.2) is 0 Å². The summed E-state index contributed by atoms with van der Waals surface area (Å²) in [5.74, 6) is 1.63. The summed E-state index contributed by atoms with van der Waals surface area (Å²) in [4.78, 5) is 0. The monoisotopic (exact) mass is 275 g/mol. The van der Waals surface area contributed by atoms with Crippen LogP contribution in [0.15, 0.2) is 18.2 Å². The first-order valence-corrected chi connectivity index (χ1v) is 7.75. The van der Waals surface area contributed by atoms with Crippen molar-refractivity contribution < 1.29 is 9.47 Å². The SMILES string of the molecule is COc1ccc(C2CCOCC2)cc1C1(CN)CCC1. The van der Waals surface area contributed by atoms with E-state index in [0.717, 1.165) is 38.3 Å². The van der Waals surface area contributed by atoms with Crippen LogP contribution in [0.3, 0.4) is 0 Å². The van der Waals surface area contributed by atoms with Gasteiger partial charge in [-0.1, -0.05) is 18.6 Å². The summed E-state index contributed by atoms with van der Waals surface area (Å²) in [6.45, 7) is 2.49. The van der Waals surface area contributed by atoms with Crippen LogP contribution in [-0.4, -0.2) is 26.9 Å². The number of ether oxygens (including phenoxy) is 2. The Morgan fingerprint density at radius 2 is 2.05 bits per heavy atom. The van der Waals surface area contributed by atoms with Crippen molar-refractivity contribution in [1.82, 2.24) is 0 Å². The quantitative estimate of drug-likeness (QED) is 0.918. The van der Waals surface area contributed by atoms with Crippen molar-refractivity contribution in [3.05, 3.63) is 29.3 Å². The van der Waals surface area contributed by atoms with E-state index in [-0.39, 0.29) is 5.41 Å². The van der Waals surface area contributed by atoms with Gasteiger partial charge in [-0.05, 0) is 43.2 Å². The van der Waals surface area contributed by atoms with E-state index in [2.05, 4.69) is 18.2 Å². The van der Waals surface area contributed by atoms with Crippen LogP contribution in [0.4, 0.5) is 0 Å². The highest BCUT2D eigenvalue weighted by Gasteiger charge is 2.39. The first-order chi connectivity index (χ1) is 9.79. The van der Waals surface area contributed by atoms with E-state index in [9.17, 15) is 0 Å². The van der Waals surface area contributed by atoms with Gasteiger partial charge in [0.1, 0.15) is 5.75 Å². The number of hydrogen-bond donors (Lipinski definition) is 1. The van der Waals surface area contributed by atoms with E-state index >= 15 is 0 Å². The van der Waals surface area contributed by atoms with Gasteiger partial charge < -0.3 is 15.2 Å². The predicted octanol–water partition coefficient (Wildman–Crippen LogP) is 2.97. The molecule has 2 aliphatic rings. The van der Waals surface area contributed by atoms with Crippen molar-refractivity contribution >= 4 is 0 Å². The van der Waals surface area contributed by atoms with E-state index in [4.69, 9.17) is 15.2 Å². The van der Waals surface area contributed by atoms with Gasteiger partial charge in [-0.2, -0.15) is 0 Å². The molecule has 1 saturated heterocycles. The van der Waals surface area contributed by atoms with Gasteiger partial charge in [0.2, 0.25) is 0 Å². The Labute approximate surface area is 121 Å². The summed E-state index contributed by atoms with van der Waals surface area (Å²) in [7, 11) is 1.76. The standard InChI is InChI=1S/C17H25NO2/c1-19-16-4-3-14(13-5-9-20-10-6-13)11-15(16)17(12-18)7-2-8-17/h3-4,11,13H,2,5-10,12,18H2,1H3. The maximum Gasteiger partial charge on any atom is 0.122 e. The molecule has 3 rings (SSSR count). The molecule has 2 fully saturated rings. The van der Waals surface area contributed by atoms with Crippen molar-refractivity contribution in [3.63, 3.8) is 0 Å². The minimum atomic E-state index is 0.159. The van der Waals surface area contributed by atoms with Crippen LogP contribution < -0.4 is 10.5 Å². The number of nitrogens with two attached hydrogens (primary N) is 1. The Bertz CT molecular complexity index is 457. The largest absolute Gasteiger partial charge is 0.496 e. The minimum absolute atomic E-state index is 0.159. The molecular weight excluding hydrogens is 250 g/mol.